The van der Waals surface area contributed by atoms with E-state index < -0.39 is 11.6 Å². The van der Waals surface area contributed by atoms with E-state index in [0.717, 1.165) is 38.7 Å². The van der Waals surface area contributed by atoms with Gasteiger partial charge in [-0.2, -0.15) is 11.8 Å². The molecule has 0 aliphatic carbocycles. The number of guanidine groups is 1. The van der Waals surface area contributed by atoms with Crippen LogP contribution in [0.1, 0.15) is 31.4 Å². The van der Waals surface area contributed by atoms with Crippen LogP contribution in [0, 0.1) is 11.6 Å². The molecular weight excluding hydrogens is 332 g/mol. The molecule has 4 nitrogen and oxygen atoms in total. The van der Waals surface area contributed by atoms with Crippen LogP contribution in [0.5, 0.6) is 0 Å². The highest BCUT2D eigenvalue weighted by atomic mass is 32.2. The second kappa shape index (κ2) is 8.67. The zero-order chi connectivity index (χ0) is 17.6. The lowest BCUT2D eigenvalue weighted by atomic mass is 9.99. The van der Waals surface area contributed by atoms with E-state index in [1.807, 2.05) is 18.7 Å². The first kappa shape index (κ1) is 19.0. The van der Waals surface area contributed by atoms with E-state index >= 15 is 0 Å². The van der Waals surface area contributed by atoms with Gasteiger partial charge < -0.3 is 15.4 Å². The van der Waals surface area contributed by atoms with Crippen molar-refractivity contribution in [3.63, 3.8) is 0 Å². The van der Waals surface area contributed by atoms with Crippen molar-refractivity contribution in [1.82, 2.24) is 10.6 Å². The van der Waals surface area contributed by atoms with Crippen LogP contribution in [0.2, 0.25) is 0 Å². The van der Waals surface area contributed by atoms with Crippen LogP contribution in [0.4, 0.5) is 8.78 Å². The minimum absolute atomic E-state index is 0.125. The highest BCUT2D eigenvalue weighted by Gasteiger charge is 2.31. The van der Waals surface area contributed by atoms with Crippen molar-refractivity contribution < 1.29 is 13.5 Å². The summed E-state index contributed by atoms with van der Waals surface area (Å²) >= 11 is 1.84. The number of hydrogen-bond acceptors (Lipinski definition) is 3. The molecule has 1 aromatic carbocycles. The number of halogens is 2. The number of nitrogens with zero attached hydrogens (tertiary/aromatic N) is 1. The Morgan fingerprint density at radius 2 is 2.08 bits per heavy atom. The number of thioether (sulfide) groups is 1. The average Bonchev–Trinajstić information content (AvgIpc) is 2.59. The van der Waals surface area contributed by atoms with Crippen molar-refractivity contribution in [2.75, 3.05) is 33.1 Å². The lowest BCUT2D eigenvalue weighted by Gasteiger charge is -2.36. The van der Waals surface area contributed by atoms with Gasteiger partial charge in [0.15, 0.2) is 5.96 Å². The van der Waals surface area contributed by atoms with Crippen LogP contribution >= 0.6 is 11.8 Å². The lowest BCUT2D eigenvalue weighted by molar-refractivity contribution is 0.0782. The summed E-state index contributed by atoms with van der Waals surface area (Å²) in [7, 11) is 1.68. The summed E-state index contributed by atoms with van der Waals surface area (Å²) in [5.74, 6) is -0.533. The normalized spacial score (nSPS) is 19.0. The molecule has 0 spiro atoms. The van der Waals surface area contributed by atoms with Crippen molar-refractivity contribution in [1.29, 1.82) is 0 Å². The Hall–Kier alpha value is -1.34. The molecule has 0 aromatic heterocycles. The van der Waals surface area contributed by atoms with Gasteiger partial charge in [0.25, 0.3) is 0 Å². The molecule has 2 N–H and O–H groups in total. The Balaban J connectivity index is 1.96. The lowest BCUT2D eigenvalue weighted by Crippen LogP contribution is -2.48. The Kier molecular flexibility index (Phi) is 6.86. The Morgan fingerprint density at radius 1 is 1.38 bits per heavy atom. The zero-order valence-electron chi connectivity index (χ0n) is 14.4. The first-order chi connectivity index (χ1) is 11.5. The van der Waals surface area contributed by atoms with Crippen molar-refractivity contribution in [2.45, 2.75) is 30.6 Å². The van der Waals surface area contributed by atoms with Gasteiger partial charge in [0.1, 0.15) is 11.6 Å². The molecule has 1 heterocycles. The molecule has 0 bridgehead atoms. The first-order valence-electron chi connectivity index (χ1n) is 8.05. The molecule has 1 aliphatic rings. The van der Waals surface area contributed by atoms with Gasteiger partial charge in [-0.1, -0.05) is 6.07 Å². The number of rotatable bonds is 5. The standard InChI is InChI=1S/C17H25F2N3OS/c1-12(14-5-4-13(18)10-15(14)19)22-16(20-2)21-11-17(24-3)6-8-23-9-7-17/h4-5,10,12H,6-9,11H2,1-3H3,(H2,20,21,22). The topological polar surface area (TPSA) is 45.7 Å². The van der Waals surface area contributed by atoms with E-state index in [-0.39, 0.29) is 10.8 Å². The number of hydrogen-bond donors (Lipinski definition) is 2. The van der Waals surface area contributed by atoms with Gasteiger partial charge >= 0.3 is 0 Å². The predicted octanol–water partition coefficient (Wildman–Crippen LogP) is 3.10. The third kappa shape index (κ3) is 4.83. The van der Waals surface area contributed by atoms with Gasteiger partial charge in [0.05, 0.1) is 6.04 Å². The SMILES string of the molecule is CN=C(NCC1(SC)CCOCC1)NC(C)c1ccc(F)cc1F. The summed E-state index contributed by atoms with van der Waals surface area (Å²) < 4.78 is 32.5. The summed E-state index contributed by atoms with van der Waals surface area (Å²) in [6.45, 7) is 4.12. The fourth-order valence-electron chi connectivity index (χ4n) is 2.77. The molecule has 7 heteroatoms. The van der Waals surface area contributed by atoms with E-state index in [0.29, 0.717) is 11.5 Å². The smallest absolute Gasteiger partial charge is 0.191 e. The van der Waals surface area contributed by atoms with E-state index in [9.17, 15) is 8.78 Å². The molecule has 2 rings (SSSR count). The second-order valence-corrected chi connectivity index (χ2v) is 7.23. The maximum Gasteiger partial charge on any atom is 0.191 e. The summed E-state index contributed by atoms with van der Waals surface area (Å²) in [5, 5.41) is 6.49. The van der Waals surface area contributed by atoms with Gasteiger partial charge in [0, 0.05) is 43.2 Å². The maximum atomic E-state index is 13.9. The molecule has 0 radical (unpaired) electrons. The van der Waals surface area contributed by atoms with Crippen molar-refractivity contribution in [3.05, 3.63) is 35.4 Å². The van der Waals surface area contributed by atoms with E-state index in [4.69, 9.17) is 4.74 Å². The van der Waals surface area contributed by atoms with Crippen molar-refractivity contribution in [2.24, 2.45) is 4.99 Å². The van der Waals surface area contributed by atoms with Gasteiger partial charge in [-0.05, 0) is 32.1 Å². The molecule has 1 saturated heterocycles. The third-order valence-corrected chi connectivity index (χ3v) is 5.84. The van der Waals surface area contributed by atoms with Crippen LogP contribution in [0.25, 0.3) is 0 Å². The minimum Gasteiger partial charge on any atom is -0.381 e. The fraction of sp³-hybridized carbons (Fsp3) is 0.588. The molecule has 134 valence electrons. The highest BCUT2D eigenvalue weighted by molar-refractivity contribution is 8.00. The zero-order valence-corrected chi connectivity index (χ0v) is 15.2. The fourth-order valence-corrected chi connectivity index (χ4v) is 3.56. The molecule has 1 fully saturated rings. The van der Waals surface area contributed by atoms with Gasteiger partial charge in [-0.15, -0.1) is 0 Å². The molecule has 1 aromatic rings. The first-order valence-corrected chi connectivity index (χ1v) is 9.27. The van der Waals surface area contributed by atoms with Crippen LogP contribution in [-0.2, 0) is 4.74 Å². The summed E-state index contributed by atoms with van der Waals surface area (Å²) in [6.07, 6.45) is 4.08. The molecule has 1 aliphatic heterocycles. The van der Waals surface area contributed by atoms with Crippen LogP contribution in [-0.4, -0.2) is 43.8 Å². The van der Waals surface area contributed by atoms with Crippen LogP contribution in [0.15, 0.2) is 23.2 Å². The van der Waals surface area contributed by atoms with Crippen molar-refractivity contribution >= 4 is 17.7 Å². The van der Waals surface area contributed by atoms with Crippen molar-refractivity contribution in [3.8, 4) is 0 Å². The van der Waals surface area contributed by atoms with E-state index in [1.165, 1.54) is 12.1 Å². The van der Waals surface area contributed by atoms with E-state index in [2.05, 4.69) is 21.9 Å². The van der Waals surface area contributed by atoms with Crippen LogP contribution < -0.4 is 10.6 Å². The van der Waals surface area contributed by atoms with E-state index in [1.54, 1.807) is 7.05 Å². The Labute approximate surface area is 146 Å². The summed E-state index contributed by atoms with van der Waals surface area (Å²) in [4.78, 5) is 4.21. The summed E-state index contributed by atoms with van der Waals surface area (Å²) in [6, 6.07) is 3.29. The van der Waals surface area contributed by atoms with Gasteiger partial charge in [0.2, 0.25) is 0 Å². The average molecular weight is 357 g/mol. The van der Waals surface area contributed by atoms with Gasteiger partial charge in [-0.25, -0.2) is 8.78 Å². The quantitative estimate of drug-likeness (QED) is 0.628. The Bertz CT molecular complexity index is 577. The number of aliphatic imine (C=N–C) groups is 1. The maximum absolute atomic E-state index is 13.9. The number of nitrogens with one attached hydrogen (secondary N) is 2. The number of benzene rings is 1. The largest absolute Gasteiger partial charge is 0.381 e. The summed E-state index contributed by atoms with van der Waals surface area (Å²) in [5.41, 5.74) is 0.407. The van der Waals surface area contributed by atoms with Crippen LogP contribution in [0.3, 0.4) is 0 Å². The monoisotopic (exact) mass is 357 g/mol. The Morgan fingerprint density at radius 3 is 2.67 bits per heavy atom. The molecule has 24 heavy (non-hydrogen) atoms. The highest BCUT2D eigenvalue weighted by Crippen LogP contribution is 2.33. The predicted molar refractivity (Wildman–Crippen MR) is 95.6 cm³/mol. The molecule has 0 amide bonds. The molecule has 0 saturated carbocycles. The van der Waals surface area contributed by atoms with Gasteiger partial charge in [-0.3, -0.25) is 4.99 Å². The minimum atomic E-state index is -0.576. The molecule has 1 atom stereocenters. The second-order valence-electron chi connectivity index (χ2n) is 5.96. The number of ether oxygens (including phenoxy) is 1. The molecule has 1 unspecified atom stereocenters. The molecular formula is C17H25F2N3OS. The third-order valence-electron chi connectivity index (χ3n) is 4.42.